The van der Waals surface area contributed by atoms with Crippen LogP contribution in [0.5, 0.6) is 0 Å². The van der Waals surface area contributed by atoms with E-state index in [0.29, 0.717) is 5.82 Å². The predicted octanol–water partition coefficient (Wildman–Crippen LogP) is 2.48. The second kappa shape index (κ2) is 3.89. The molecule has 0 bridgehead atoms. The standard InChI is InChI=1S/C12H12FN3/c1-7-4-3-5-9(6-7)12-15-8(2)10(13)11(14)16-12/h3-6H,1-2H3,(H2,14,15,16). The summed E-state index contributed by atoms with van der Waals surface area (Å²) in [5, 5.41) is 0. The second-order valence-electron chi connectivity index (χ2n) is 3.70. The van der Waals surface area contributed by atoms with E-state index in [1.165, 1.54) is 0 Å². The Bertz CT molecular complexity index is 515. The third kappa shape index (κ3) is 1.86. The molecule has 1 aromatic heterocycles. The first-order chi connectivity index (χ1) is 7.58. The van der Waals surface area contributed by atoms with Gasteiger partial charge in [0.2, 0.25) is 0 Å². The fourth-order valence-electron chi connectivity index (χ4n) is 1.49. The number of nitrogens with two attached hydrogens (primary N) is 1. The molecule has 0 spiro atoms. The number of nitrogen functional groups attached to an aromatic ring is 1. The van der Waals surface area contributed by atoms with Crippen molar-refractivity contribution in [3.63, 3.8) is 0 Å². The first-order valence-electron chi connectivity index (χ1n) is 4.94. The van der Waals surface area contributed by atoms with Crippen molar-refractivity contribution < 1.29 is 4.39 Å². The van der Waals surface area contributed by atoms with Gasteiger partial charge in [-0.2, -0.15) is 0 Å². The molecule has 0 fully saturated rings. The highest BCUT2D eigenvalue weighted by atomic mass is 19.1. The molecule has 0 saturated carbocycles. The number of halogens is 1. The molecule has 1 aromatic carbocycles. The minimum Gasteiger partial charge on any atom is -0.381 e. The first kappa shape index (κ1) is 10.5. The molecule has 0 radical (unpaired) electrons. The van der Waals surface area contributed by atoms with E-state index < -0.39 is 5.82 Å². The quantitative estimate of drug-likeness (QED) is 0.798. The minimum absolute atomic E-state index is 0.107. The molecule has 16 heavy (non-hydrogen) atoms. The van der Waals surface area contributed by atoms with Crippen molar-refractivity contribution >= 4 is 5.82 Å². The minimum atomic E-state index is -0.545. The lowest BCUT2D eigenvalue weighted by Crippen LogP contribution is -2.02. The number of rotatable bonds is 1. The van der Waals surface area contributed by atoms with E-state index in [9.17, 15) is 4.39 Å². The van der Waals surface area contributed by atoms with Gasteiger partial charge in [0.05, 0.1) is 5.69 Å². The molecular weight excluding hydrogens is 205 g/mol. The SMILES string of the molecule is Cc1cccc(-c2nc(C)c(F)c(N)n2)c1. The van der Waals surface area contributed by atoms with Crippen LogP contribution in [0.2, 0.25) is 0 Å². The molecule has 0 aliphatic rings. The van der Waals surface area contributed by atoms with Gasteiger partial charge in [0, 0.05) is 5.56 Å². The summed E-state index contributed by atoms with van der Waals surface area (Å²) in [5.74, 6) is -0.194. The van der Waals surface area contributed by atoms with Crippen molar-refractivity contribution in [3.05, 3.63) is 41.3 Å². The second-order valence-corrected chi connectivity index (χ2v) is 3.70. The molecule has 0 unspecified atom stereocenters. The Hall–Kier alpha value is -1.97. The number of benzene rings is 1. The van der Waals surface area contributed by atoms with Crippen LogP contribution in [-0.4, -0.2) is 9.97 Å². The molecule has 0 amide bonds. The number of hydrogen-bond donors (Lipinski definition) is 1. The Morgan fingerprint density at radius 3 is 2.56 bits per heavy atom. The first-order valence-corrected chi connectivity index (χ1v) is 4.94. The summed E-state index contributed by atoms with van der Waals surface area (Å²) in [6, 6.07) is 7.69. The molecule has 0 aliphatic carbocycles. The van der Waals surface area contributed by atoms with E-state index >= 15 is 0 Å². The lowest BCUT2D eigenvalue weighted by Gasteiger charge is -2.05. The third-order valence-electron chi connectivity index (χ3n) is 2.32. The van der Waals surface area contributed by atoms with Crippen LogP contribution in [0.1, 0.15) is 11.3 Å². The number of anilines is 1. The van der Waals surface area contributed by atoms with E-state index in [-0.39, 0.29) is 11.5 Å². The summed E-state index contributed by atoms with van der Waals surface area (Å²) in [6.45, 7) is 3.55. The zero-order valence-corrected chi connectivity index (χ0v) is 9.16. The van der Waals surface area contributed by atoms with Crippen molar-refractivity contribution in [1.82, 2.24) is 9.97 Å². The molecule has 1 heterocycles. The van der Waals surface area contributed by atoms with Crippen LogP contribution in [0.15, 0.2) is 24.3 Å². The van der Waals surface area contributed by atoms with Gasteiger partial charge in [-0.1, -0.05) is 23.8 Å². The van der Waals surface area contributed by atoms with Gasteiger partial charge in [-0.15, -0.1) is 0 Å². The summed E-state index contributed by atoms with van der Waals surface area (Å²) < 4.78 is 13.3. The molecule has 0 atom stereocenters. The van der Waals surface area contributed by atoms with Crippen LogP contribution in [0.4, 0.5) is 10.2 Å². The third-order valence-corrected chi connectivity index (χ3v) is 2.32. The summed E-state index contributed by atoms with van der Waals surface area (Å²) in [4.78, 5) is 8.02. The maximum atomic E-state index is 13.3. The van der Waals surface area contributed by atoms with E-state index in [1.54, 1.807) is 6.92 Å². The lowest BCUT2D eigenvalue weighted by molar-refractivity contribution is 0.608. The average Bonchev–Trinajstić information content (AvgIpc) is 2.25. The molecule has 0 aliphatic heterocycles. The highest BCUT2D eigenvalue weighted by Gasteiger charge is 2.09. The maximum Gasteiger partial charge on any atom is 0.186 e. The van der Waals surface area contributed by atoms with Gasteiger partial charge in [0.25, 0.3) is 0 Å². The van der Waals surface area contributed by atoms with Crippen molar-refractivity contribution in [3.8, 4) is 11.4 Å². The van der Waals surface area contributed by atoms with Gasteiger partial charge in [-0.05, 0) is 19.9 Å². The molecule has 3 nitrogen and oxygen atoms in total. The smallest absolute Gasteiger partial charge is 0.186 e. The van der Waals surface area contributed by atoms with E-state index in [1.807, 2.05) is 31.2 Å². The normalized spacial score (nSPS) is 10.4. The Labute approximate surface area is 93.2 Å². The van der Waals surface area contributed by atoms with Crippen LogP contribution in [0.25, 0.3) is 11.4 Å². The van der Waals surface area contributed by atoms with Crippen molar-refractivity contribution in [2.45, 2.75) is 13.8 Å². The highest BCUT2D eigenvalue weighted by molar-refractivity contribution is 5.58. The van der Waals surface area contributed by atoms with Crippen LogP contribution < -0.4 is 5.73 Å². The van der Waals surface area contributed by atoms with Gasteiger partial charge in [0.1, 0.15) is 0 Å². The van der Waals surface area contributed by atoms with E-state index in [2.05, 4.69) is 9.97 Å². The summed E-state index contributed by atoms with van der Waals surface area (Å²) in [6.07, 6.45) is 0. The summed E-state index contributed by atoms with van der Waals surface area (Å²) >= 11 is 0. The van der Waals surface area contributed by atoms with Crippen LogP contribution in [0.3, 0.4) is 0 Å². The largest absolute Gasteiger partial charge is 0.381 e. The van der Waals surface area contributed by atoms with Gasteiger partial charge < -0.3 is 5.73 Å². The fraction of sp³-hybridized carbons (Fsp3) is 0.167. The number of aryl methyl sites for hydroxylation is 2. The molecule has 2 rings (SSSR count). The van der Waals surface area contributed by atoms with Gasteiger partial charge >= 0.3 is 0 Å². The average molecular weight is 217 g/mol. The molecule has 2 aromatic rings. The molecule has 0 saturated heterocycles. The Morgan fingerprint density at radius 1 is 1.19 bits per heavy atom. The van der Waals surface area contributed by atoms with Crippen molar-refractivity contribution in [2.24, 2.45) is 0 Å². The predicted molar refractivity (Wildman–Crippen MR) is 61.3 cm³/mol. The van der Waals surface area contributed by atoms with Crippen molar-refractivity contribution in [1.29, 1.82) is 0 Å². The molecular formula is C12H12FN3. The zero-order chi connectivity index (χ0) is 11.7. The Morgan fingerprint density at radius 2 is 1.94 bits per heavy atom. The van der Waals surface area contributed by atoms with E-state index in [0.717, 1.165) is 11.1 Å². The van der Waals surface area contributed by atoms with Gasteiger partial charge in [-0.25, -0.2) is 14.4 Å². The van der Waals surface area contributed by atoms with Gasteiger partial charge in [0.15, 0.2) is 17.5 Å². The summed E-state index contributed by atoms with van der Waals surface area (Å²) in [7, 11) is 0. The maximum absolute atomic E-state index is 13.3. The topological polar surface area (TPSA) is 51.8 Å². The van der Waals surface area contributed by atoms with Gasteiger partial charge in [-0.3, -0.25) is 0 Å². The monoisotopic (exact) mass is 217 g/mol. The van der Waals surface area contributed by atoms with Crippen LogP contribution in [0, 0.1) is 19.7 Å². The zero-order valence-electron chi connectivity index (χ0n) is 9.16. The number of aromatic nitrogens is 2. The molecule has 4 heteroatoms. The summed E-state index contributed by atoms with van der Waals surface area (Å²) in [5.41, 5.74) is 7.68. The Kier molecular flexibility index (Phi) is 2.56. The van der Waals surface area contributed by atoms with Crippen LogP contribution in [-0.2, 0) is 0 Å². The highest BCUT2D eigenvalue weighted by Crippen LogP contribution is 2.19. The lowest BCUT2D eigenvalue weighted by atomic mass is 10.1. The fourth-order valence-corrected chi connectivity index (χ4v) is 1.49. The molecule has 82 valence electrons. The van der Waals surface area contributed by atoms with Crippen LogP contribution >= 0.6 is 0 Å². The number of hydrogen-bond acceptors (Lipinski definition) is 3. The number of nitrogens with zero attached hydrogens (tertiary/aromatic N) is 2. The molecule has 2 N–H and O–H groups in total. The van der Waals surface area contributed by atoms with Crippen molar-refractivity contribution in [2.75, 3.05) is 5.73 Å². The van der Waals surface area contributed by atoms with E-state index in [4.69, 9.17) is 5.73 Å². The Balaban J connectivity index is 2.57.